The monoisotopic (exact) mass is 216 g/mol. The normalized spacial score (nSPS) is 7.25. The molecule has 7 nitrogen and oxygen atoms in total. The minimum absolute atomic E-state index is 0. The third kappa shape index (κ3) is 20200. The Morgan fingerprint density at radius 2 is 1.00 bits per heavy atom. The van der Waals surface area contributed by atoms with Crippen LogP contribution in [-0.4, -0.2) is 5.48 Å². The van der Waals surface area contributed by atoms with E-state index in [0.29, 0.717) is 0 Å². The van der Waals surface area contributed by atoms with E-state index in [1.54, 1.807) is 0 Å². The first-order chi connectivity index (χ1) is 2.00. The molecule has 0 amide bonds. The van der Waals surface area contributed by atoms with Crippen LogP contribution in [0.4, 0.5) is 0 Å². The third-order valence-electron chi connectivity index (χ3n) is 0. The van der Waals surface area contributed by atoms with Crippen molar-refractivity contribution in [3.05, 3.63) is 0 Å². The molecule has 0 aromatic heterocycles. The van der Waals surface area contributed by atoms with E-state index in [0.717, 1.165) is 0 Å². The molecule has 10 N–H and O–H groups in total. The van der Waals surface area contributed by atoms with Gasteiger partial charge in [-0.15, -0.1) is 0 Å². The Morgan fingerprint density at radius 1 is 1.00 bits per heavy atom. The molecule has 0 saturated heterocycles. The van der Waals surface area contributed by atoms with Crippen LogP contribution in [0.2, 0.25) is 0 Å². The van der Waals surface area contributed by atoms with Crippen molar-refractivity contribution in [2.75, 3.05) is 0 Å². The fraction of sp³-hybridized carbons (Fsp3) is 0. The first-order valence-electron chi connectivity index (χ1n) is 0.667. The van der Waals surface area contributed by atoms with Gasteiger partial charge in [0.05, 0.1) is 0 Å². The van der Waals surface area contributed by atoms with Crippen molar-refractivity contribution >= 4 is 0 Å². The Kier molecular flexibility index (Phi) is 21.5. The zero-order chi connectivity index (χ0) is 4.50. The third-order valence-corrected chi connectivity index (χ3v) is 0. The predicted molar refractivity (Wildman–Crippen MR) is 17.0 cm³/mol. The Balaban J connectivity index is -0.0000000267. The van der Waals surface area contributed by atoms with E-state index in [2.05, 4.69) is 0 Å². The van der Waals surface area contributed by atoms with Crippen molar-refractivity contribution in [2.24, 2.45) is 0 Å². The van der Waals surface area contributed by atoms with Crippen molar-refractivity contribution in [3.63, 3.8) is 0 Å². The Bertz CT molecular complexity index is 93.6. The van der Waals surface area contributed by atoms with Crippen molar-refractivity contribution in [2.45, 2.75) is 0 Å². The van der Waals surface area contributed by atoms with Crippen LogP contribution >= 0.6 is 0 Å². The summed E-state index contributed by atoms with van der Waals surface area (Å²) in [6.07, 6.45) is 0. The molecule has 0 radical (unpaired) electrons. The van der Waals surface area contributed by atoms with Gasteiger partial charge in [0.25, 0.3) is 0 Å². The molecule has 0 rings (SSSR count). The number of hydrogen-bond acceptors (Lipinski definition) is 4. The van der Waals surface area contributed by atoms with Crippen molar-refractivity contribution in [1.29, 1.82) is 0 Å². The summed E-state index contributed by atoms with van der Waals surface area (Å²) < 4.78 is 34.5. The van der Waals surface area contributed by atoms with Gasteiger partial charge in [0.1, 0.15) is 0 Å². The molecule has 0 bridgehead atoms. The van der Waals surface area contributed by atoms with Crippen LogP contribution in [-0.2, 0) is 23.5 Å². The van der Waals surface area contributed by atoms with Crippen LogP contribution < -0.4 is 19.8 Å². The molecule has 0 heterocycles. The fourth-order valence-corrected chi connectivity index (χ4v) is 0. The Labute approximate surface area is 49.5 Å². The maximum atomic E-state index is 8.63. The maximum absolute atomic E-state index is 8.63. The number of rotatable bonds is 0. The molecule has 0 aromatic rings. The molecule has 0 spiro atoms. The van der Waals surface area contributed by atoms with Gasteiger partial charge in [-0.05, 0) is 0 Å². The SMILES string of the molecule is O.[NH4+].[NH4+].[O]=[Mo](=[O])([O-])[O-]. The van der Waals surface area contributed by atoms with Crippen LogP contribution in [0.3, 0.4) is 0 Å². The molecule has 0 aliphatic heterocycles. The van der Waals surface area contributed by atoms with Crippen LogP contribution in [0.5, 0.6) is 0 Å². The summed E-state index contributed by atoms with van der Waals surface area (Å²) in [5, 5.41) is 0. The zero-order valence-electron chi connectivity index (χ0n) is 4.54. The Morgan fingerprint density at radius 3 is 1.00 bits per heavy atom. The van der Waals surface area contributed by atoms with Gasteiger partial charge < -0.3 is 17.8 Å². The summed E-state index contributed by atoms with van der Waals surface area (Å²) in [5.41, 5.74) is 0. The van der Waals surface area contributed by atoms with Gasteiger partial charge in [-0.2, -0.15) is 0 Å². The van der Waals surface area contributed by atoms with Crippen molar-refractivity contribution in [1.82, 2.24) is 12.3 Å². The quantitative estimate of drug-likeness (QED) is 0.415. The average Bonchev–Trinajstić information content (AvgIpc) is 0.722. The molecular formula is H10MoN2O5. The van der Waals surface area contributed by atoms with Gasteiger partial charge in [-0.25, -0.2) is 0 Å². The summed E-state index contributed by atoms with van der Waals surface area (Å²) in [4.78, 5) is 0. The van der Waals surface area contributed by atoms with E-state index in [9.17, 15) is 0 Å². The molecule has 0 aromatic carbocycles. The first-order valence-corrected chi connectivity index (χ1v) is 3.94. The Hall–Kier alpha value is 0.0883. The molecule has 0 atom stereocenters. The standard InChI is InChI=1S/Mo.2H3N.H2O.4O/h;2*1H3;1H2;;;;/q;;;;;;2*-1/p+2. The summed E-state index contributed by atoms with van der Waals surface area (Å²) in [6.45, 7) is 0. The molecule has 0 aliphatic carbocycles. The van der Waals surface area contributed by atoms with Gasteiger partial charge in [0, 0.05) is 0 Å². The van der Waals surface area contributed by atoms with E-state index in [1.807, 2.05) is 0 Å². The van der Waals surface area contributed by atoms with Gasteiger partial charge in [0.2, 0.25) is 0 Å². The summed E-state index contributed by atoms with van der Waals surface area (Å²) in [6, 6.07) is 0. The molecule has 8 heavy (non-hydrogen) atoms. The summed E-state index contributed by atoms with van der Waals surface area (Å²) >= 11 is -6.02. The molecular weight excluding hydrogens is 204 g/mol. The topological polar surface area (TPSA) is 185 Å². The van der Waals surface area contributed by atoms with E-state index in [4.69, 9.17) is 14.3 Å². The molecule has 0 aliphatic rings. The van der Waals surface area contributed by atoms with Gasteiger partial charge >= 0.3 is 31.1 Å². The van der Waals surface area contributed by atoms with Crippen LogP contribution in [0.1, 0.15) is 0 Å². The predicted octanol–water partition coefficient (Wildman–Crippen LogP) is -2.69. The molecule has 8 heteroatoms. The molecule has 0 fully saturated rings. The average molecular weight is 214 g/mol. The van der Waals surface area contributed by atoms with E-state index < -0.39 is 16.7 Å². The molecule has 56 valence electrons. The summed E-state index contributed by atoms with van der Waals surface area (Å²) in [7, 11) is 0. The van der Waals surface area contributed by atoms with Gasteiger partial charge in [-0.3, -0.25) is 0 Å². The first kappa shape index (κ1) is 24.3. The zero-order valence-corrected chi connectivity index (χ0v) is 6.55. The second-order valence-electron chi connectivity index (χ2n) is 0.408. The van der Waals surface area contributed by atoms with Crippen molar-refractivity contribution in [3.8, 4) is 0 Å². The number of quaternary nitrogens is 2. The second kappa shape index (κ2) is 7.09. The minimum atomic E-state index is -6.02. The van der Waals surface area contributed by atoms with Crippen molar-refractivity contribution < 1.29 is 36.5 Å². The van der Waals surface area contributed by atoms with E-state index in [1.165, 1.54) is 0 Å². The van der Waals surface area contributed by atoms with Crippen LogP contribution in [0.15, 0.2) is 0 Å². The number of hydrogen-bond donors (Lipinski definition) is 2. The van der Waals surface area contributed by atoms with E-state index >= 15 is 0 Å². The van der Waals surface area contributed by atoms with Gasteiger partial charge in [0.15, 0.2) is 0 Å². The van der Waals surface area contributed by atoms with Gasteiger partial charge in [-0.1, -0.05) is 0 Å². The molecule has 0 saturated carbocycles. The van der Waals surface area contributed by atoms with Crippen LogP contribution in [0, 0.1) is 0 Å². The fourth-order valence-electron chi connectivity index (χ4n) is 0. The molecule has 0 unspecified atom stereocenters. The summed E-state index contributed by atoms with van der Waals surface area (Å²) in [5.74, 6) is 0. The second-order valence-corrected chi connectivity index (χ2v) is 2.42. The van der Waals surface area contributed by atoms with Crippen LogP contribution in [0.25, 0.3) is 0 Å². The van der Waals surface area contributed by atoms with E-state index in [-0.39, 0.29) is 17.8 Å².